The largest absolute Gasteiger partial charge is 0.354 e. The average Bonchev–Trinajstić information content (AvgIpc) is 2.78. The summed E-state index contributed by atoms with van der Waals surface area (Å²) < 4.78 is 1.07. The van der Waals surface area contributed by atoms with Crippen LogP contribution in [0.2, 0.25) is 5.02 Å². The number of benzene rings is 3. The topological polar surface area (TPSA) is 15.8 Å². The van der Waals surface area contributed by atoms with Crippen LogP contribution in [-0.2, 0) is 0 Å². The molecule has 19 heavy (non-hydrogen) atoms. The fourth-order valence-corrected chi connectivity index (χ4v) is 3.30. The van der Waals surface area contributed by atoms with E-state index in [9.17, 15) is 0 Å². The Hall–Kier alpha value is -1.51. The molecule has 3 aromatic carbocycles. The molecule has 0 fully saturated rings. The van der Waals surface area contributed by atoms with Crippen molar-refractivity contribution in [3.8, 4) is 0 Å². The van der Waals surface area contributed by atoms with Crippen molar-refractivity contribution < 1.29 is 0 Å². The van der Waals surface area contributed by atoms with Gasteiger partial charge in [0.1, 0.15) is 0 Å². The smallest absolute Gasteiger partial charge is 0.0545 e. The van der Waals surface area contributed by atoms with Crippen LogP contribution in [0, 0.1) is 0 Å². The van der Waals surface area contributed by atoms with Crippen molar-refractivity contribution in [2.75, 3.05) is 0 Å². The summed E-state index contributed by atoms with van der Waals surface area (Å²) in [4.78, 5) is 3.50. The van der Waals surface area contributed by atoms with Gasteiger partial charge in [0.15, 0.2) is 0 Å². The van der Waals surface area contributed by atoms with Gasteiger partial charge in [-0.3, -0.25) is 0 Å². The van der Waals surface area contributed by atoms with Gasteiger partial charge in [0.2, 0.25) is 0 Å². The summed E-state index contributed by atoms with van der Waals surface area (Å²) in [6.45, 7) is 0. The number of nitrogens with one attached hydrogen (secondary N) is 1. The minimum Gasteiger partial charge on any atom is -0.354 e. The Morgan fingerprint density at radius 2 is 1.63 bits per heavy atom. The van der Waals surface area contributed by atoms with Crippen molar-refractivity contribution in [2.24, 2.45) is 0 Å². The molecule has 0 unspecified atom stereocenters. The van der Waals surface area contributed by atoms with Gasteiger partial charge in [0, 0.05) is 36.6 Å². The molecule has 1 nitrogen and oxygen atoms in total. The summed E-state index contributed by atoms with van der Waals surface area (Å²) in [5.74, 6) is 0. The SMILES string of the molecule is Clc1cc2c3cc(Br)ccc3[nH]c2c2ccccc12. The number of aromatic amines is 1. The summed E-state index contributed by atoms with van der Waals surface area (Å²) in [6, 6.07) is 16.5. The molecule has 0 aliphatic carbocycles. The van der Waals surface area contributed by atoms with Gasteiger partial charge in [-0.25, -0.2) is 0 Å². The summed E-state index contributed by atoms with van der Waals surface area (Å²) >= 11 is 9.93. The number of fused-ring (bicyclic) bond motifs is 5. The van der Waals surface area contributed by atoms with Gasteiger partial charge in [-0.1, -0.05) is 51.8 Å². The molecular formula is C16H9BrClN. The predicted octanol–water partition coefficient (Wildman–Crippen LogP) is 5.89. The molecule has 0 saturated heterocycles. The Morgan fingerprint density at radius 1 is 0.842 bits per heavy atom. The highest BCUT2D eigenvalue weighted by molar-refractivity contribution is 9.10. The second-order valence-corrected chi connectivity index (χ2v) is 5.96. The first-order chi connectivity index (χ1) is 9.24. The lowest BCUT2D eigenvalue weighted by atomic mass is 10.1. The molecule has 0 amide bonds. The highest BCUT2D eigenvalue weighted by atomic mass is 79.9. The van der Waals surface area contributed by atoms with Gasteiger partial charge in [0.25, 0.3) is 0 Å². The Bertz CT molecular complexity index is 940. The Balaban J connectivity index is 2.32. The molecule has 0 spiro atoms. The van der Waals surface area contributed by atoms with Crippen LogP contribution in [0.5, 0.6) is 0 Å². The normalized spacial score (nSPS) is 11.7. The van der Waals surface area contributed by atoms with Crippen LogP contribution >= 0.6 is 27.5 Å². The van der Waals surface area contributed by atoms with Crippen LogP contribution in [0.4, 0.5) is 0 Å². The Labute approximate surface area is 123 Å². The summed E-state index contributed by atoms with van der Waals surface area (Å²) in [6.07, 6.45) is 0. The molecule has 4 aromatic rings. The second kappa shape index (κ2) is 3.99. The lowest BCUT2D eigenvalue weighted by molar-refractivity contribution is 1.56. The zero-order chi connectivity index (χ0) is 13.0. The third kappa shape index (κ3) is 1.60. The summed E-state index contributed by atoms with van der Waals surface area (Å²) in [7, 11) is 0. The molecule has 0 atom stereocenters. The Kier molecular flexibility index (Phi) is 2.38. The molecule has 0 aliphatic rings. The van der Waals surface area contributed by atoms with Crippen molar-refractivity contribution in [3.63, 3.8) is 0 Å². The molecule has 1 aromatic heterocycles. The van der Waals surface area contributed by atoms with E-state index in [1.807, 2.05) is 24.3 Å². The molecule has 1 N–H and O–H groups in total. The van der Waals surface area contributed by atoms with Crippen LogP contribution in [0.15, 0.2) is 53.0 Å². The van der Waals surface area contributed by atoms with E-state index in [2.05, 4.69) is 45.2 Å². The van der Waals surface area contributed by atoms with E-state index in [-0.39, 0.29) is 0 Å². The van der Waals surface area contributed by atoms with Crippen molar-refractivity contribution >= 4 is 60.1 Å². The van der Waals surface area contributed by atoms with Gasteiger partial charge in [-0.2, -0.15) is 0 Å². The fourth-order valence-electron chi connectivity index (χ4n) is 2.66. The highest BCUT2D eigenvalue weighted by Crippen LogP contribution is 2.36. The standard InChI is InChI=1S/C16H9BrClN/c17-9-5-6-15-12(7-9)13-8-14(18)10-3-1-2-4-11(10)16(13)19-15/h1-8,19H. The number of rotatable bonds is 0. The van der Waals surface area contributed by atoms with Crippen molar-refractivity contribution in [1.29, 1.82) is 0 Å². The van der Waals surface area contributed by atoms with E-state index in [4.69, 9.17) is 11.6 Å². The number of halogens is 2. The number of aromatic nitrogens is 1. The maximum atomic E-state index is 6.41. The highest BCUT2D eigenvalue weighted by Gasteiger charge is 2.10. The van der Waals surface area contributed by atoms with Crippen molar-refractivity contribution in [1.82, 2.24) is 4.98 Å². The summed E-state index contributed by atoms with van der Waals surface area (Å²) in [5, 5.41) is 5.40. The minimum absolute atomic E-state index is 0.795. The van der Waals surface area contributed by atoms with Crippen LogP contribution < -0.4 is 0 Å². The van der Waals surface area contributed by atoms with E-state index >= 15 is 0 Å². The first kappa shape index (κ1) is 11.3. The fraction of sp³-hybridized carbons (Fsp3) is 0. The van der Waals surface area contributed by atoms with Crippen molar-refractivity contribution in [3.05, 3.63) is 58.0 Å². The van der Waals surface area contributed by atoms with Gasteiger partial charge in [0.05, 0.1) is 5.52 Å². The van der Waals surface area contributed by atoms with Crippen molar-refractivity contribution in [2.45, 2.75) is 0 Å². The monoisotopic (exact) mass is 329 g/mol. The zero-order valence-electron chi connectivity index (χ0n) is 9.87. The molecule has 0 radical (unpaired) electrons. The van der Waals surface area contributed by atoms with E-state index in [1.165, 1.54) is 10.8 Å². The third-order valence-corrected chi connectivity index (χ3v) is 4.33. The number of hydrogen-bond acceptors (Lipinski definition) is 0. The maximum absolute atomic E-state index is 6.41. The van der Waals surface area contributed by atoms with Gasteiger partial charge < -0.3 is 4.98 Å². The van der Waals surface area contributed by atoms with E-state index in [1.54, 1.807) is 0 Å². The molecule has 0 saturated carbocycles. The minimum atomic E-state index is 0.795. The van der Waals surface area contributed by atoms with E-state index < -0.39 is 0 Å². The first-order valence-electron chi connectivity index (χ1n) is 6.02. The predicted molar refractivity (Wildman–Crippen MR) is 86.0 cm³/mol. The molecule has 3 heteroatoms. The van der Waals surface area contributed by atoms with Crippen LogP contribution in [0.1, 0.15) is 0 Å². The molecule has 0 bridgehead atoms. The first-order valence-corrected chi connectivity index (χ1v) is 7.19. The molecule has 4 rings (SSSR count). The molecular weight excluding hydrogens is 322 g/mol. The van der Waals surface area contributed by atoms with Gasteiger partial charge in [-0.15, -0.1) is 0 Å². The molecule has 92 valence electrons. The van der Waals surface area contributed by atoms with Crippen LogP contribution in [0.25, 0.3) is 32.6 Å². The number of hydrogen-bond donors (Lipinski definition) is 1. The third-order valence-electron chi connectivity index (χ3n) is 3.53. The van der Waals surface area contributed by atoms with Crippen LogP contribution in [0.3, 0.4) is 0 Å². The lowest BCUT2D eigenvalue weighted by Crippen LogP contribution is -1.76. The summed E-state index contributed by atoms with van der Waals surface area (Å²) in [5.41, 5.74) is 2.28. The van der Waals surface area contributed by atoms with Gasteiger partial charge >= 0.3 is 0 Å². The second-order valence-electron chi connectivity index (χ2n) is 4.64. The Morgan fingerprint density at radius 3 is 2.47 bits per heavy atom. The van der Waals surface area contributed by atoms with E-state index in [0.29, 0.717) is 0 Å². The lowest BCUT2D eigenvalue weighted by Gasteiger charge is -2.02. The zero-order valence-corrected chi connectivity index (χ0v) is 12.2. The van der Waals surface area contributed by atoms with Crippen LogP contribution in [-0.4, -0.2) is 4.98 Å². The average molecular weight is 331 g/mol. The van der Waals surface area contributed by atoms with E-state index in [0.717, 1.165) is 31.3 Å². The maximum Gasteiger partial charge on any atom is 0.0545 e. The number of H-pyrrole nitrogens is 1. The van der Waals surface area contributed by atoms with Gasteiger partial charge in [-0.05, 0) is 24.3 Å². The molecule has 1 heterocycles. The quantitative estimate of drug-likeness (QED) is 0.414. The molecule has 0 aliphatic heterocycles.